The van der Waals surface area contributed by atoms with Gasteiger partial charge in [-0.1, -0.05) is 214 Å². The van der Waals surface area contributed by atoms with Gasteiger partial charge in [0.2, 0.25) is 0 Å². The van der Waals surface area contributed by atoms with Crippen LogP contribution in [0.4, 0.5) is 0 Å². The molecule has 0 aliphatic rings. The van der Waals surface area contributed by atoms with Crippen molar-refractivity contribution in [3.05, 3.63) is 109 Å². The number of unbranched alkanes of at least 4 members (excludes halogenated alkanes) is 19. The fourth-order valence-corrected chi connectivity index (χ4v) is 6.80. The first-order valence-electron chi connectivity index (χ1n) is 25.9. The van der Waals surface area contributed by atoms with Gasteiger partial charge in [0.05, 0.1) is 0 Å². The van der Waals surface area contributed by atoms with E-state index in [0.29, 0.717) is 19.3 Å². The molecule has 362 valence electrons. The third kappa shape index (κ3) is 49.1. The number of allylic oxidation sites excluding steroid dienone is 18. The molecule has 0 aliphatic carbocycles. The lowest BCUT2D eigenvalue weighted by atomic mass is 10.1. The fourth-order valence-electron chi connectivity index (χ4n) is 6.80. The molecule has 0 saturated carbocycles. The average molecular weight is 887 g/mol. The smallest absolute Gasteiger partial charge is 0.306 e. The third-order valence-electron chi connectivity index (χ3n) is 10.6. The molecule has 0 N–H and O–H groups in total. The van der Waals surface area contributed by atoms with Gasteiger partial charge in [0.1, 0.15) is 13.2 Å². The number of carbonyl (C=O) groups is 3. The Kier molecular flexibility index (Phi) is 48.5. The van der Waals surface area contributed by atoms with Crippen LogP contribution in [0, 0.1) is 0 Å². The van der Waals surface area contributed by atoms with Gasteiger partial charge < -0.3 is 14.2 Å². The van der Waals surface area contributed by atoms with Crippen molar-refractivity contribution in [2.24, 2.45) is 0 Å². The molecule has 0 amide bonds. The maximum Gasteiger partial charge on any atom is 0.306 e. The van der Waals surface area contributed by atoms with Crippen LogP contribution in [0.5, 0.6) is 0 Å². The molecule has 0 aliphatic heterocycles. The standard InChI is InChI=1S/C58H94O6/c1-4-7-10-13-16-19-22-25-27-28-29-30-31-34-36-39-42-45-48-51-57(60)63-54-55(53-62-56(59)50-47-44-41-38-35-32-24-21-18-15-12-9-6-3)64-58(61)52-49-46-43-40-37-33-26-23-20-17-14-11-8-5-2/h7-12,15-21,24-25,27,32,35,55H,4-6,13-14,22-23,26,28-31,33-34,36-54H2,1-3H3/b10-7-,11-8-,12-9-,18-15-,19-16-,20-17-,24-21-,27-25-,35-32-. The maximum atomic E-state index is 12.8. The Morgan fingerprint density at radius 2 is 0.641 bits per heavy atom. The van der Waals surface area contributed by atoms with Crippen LogP contribution in [0.2, 0.25) is 0 Å². The minimum Gasteiger partial charge on any atom is -0.462 e. The quantitative estimate of drug-likeness (QED) is 0.0199. The van der Waals surface area contributed by atoms with Crippen molar-refractivity contribution in [2.75, 3.05) is 13.2 Å². The summed E-state index contributed by atoms with van der Waals surface area (Å²) in [7, 11) is 0. The highest BCUT2D eigenvalue weighted by atomic mass is 16.6. The summed E-state index contributed by atoms with van der Waals surface area (Å²) >= 11 is 0. The van der Waals surface area contributed by atoms with Crippen molar-refractivity contribution >= 4 is 17.9 Å². The van der Waals surface area contributed by atoms with Crippen LogP contribution in [0.25, 0.3) is 0 Å². The van der Waals surface area contributed by atoms with Gasteiger partial charge in [0, 0.05) is 19.3 Å². The molecule has 0 aromatic carbocycles. The SMILES string of the molecule is CC\C=C/C=C\C=C/C=C\CCCCCC(=O)OCC(COC(=O)CCCCCCCCCCC/C=C\C/C=C\C/C=C\CC)OC(=O)CCCCCCCCC/C=C\C/C=C\CC. The van der Waals surface area contributed by atoms with Gasteiger partial charge in [0.15, 0.2) is 6.10 Å². The summed E-state index contributed by atoms with van der Waals surface area (Å²) in [4.78, 5) is 38.0. The molecule has 0 bridgehead atoms. The highest BCUT2D eigenvalue weighted by Crippen LogP contribution is 2.14. The Morgan fingerprint density at radius 3 is 1.08 bits per heavy atom. The maximum absolute atomic E-state index is 12.8. The molecule has 1 atom stereocenters. The van der Waals surface area contributed by atoms with Gasteiger partial charge in [-0.15, -0.1) is 0 Å². The lowest BCUT2D eigenvalue weighted by Crippen LogP contribution is -2.30. The Labute approximate surface area is 393 Å². The highest BCUT2D eigenvalue weighted by molar-refractivity contribution is 5.71. The lowest BCUT2D eigenvalue weighted by Gasteiger charge is -2.18. The monoisotopic (exact) mass is 887 g/mol. The summed E-state index contributed by atoms with van der Waals surface area (Å²) in [6.45, 7) is 6.23. The number of rotatable bonds is 45. The van der Waals surface area contributed by atoms with Crippen molar-refractivity contribution in [3.63, 3.8) is 0 Å². The van der Waals surface area contributed by atoms with Crippen LogP contribution >= 0.6 is 0 Å². The molecule has 0 radical (unpaired) electrons. The van der Waals surface area contributed by atoms with Crippen LogP contribution < -0.4 is 0 Å². The highest BCUT2D eigenvalue weighted by Gasteiger charge is 2.19. The van der Waals surface area contributed by atoms with E-state index in [-0.39, 0.29) is 31.1 Å². The van der Waals surface area contributed by atoms with Crippen molar-refractivity contribution in [1.82, 2.24) is 0 Å². The Morgan fingerprint density at radius 1 is 0.328 bits per heavy atom. The molecule has 1 unspecified atom stereocenters. The first-order chi connectivity index (χ1) is 31.5. The van der Waals surface area contributed by atoms with E-state index in [2.05, 4.69) is 93.7 Å². The first-order valence-corrected chi connectivity index (χ1v) is 25.9. The number of carbonyl (C=O) groups excluding carboxylic acids is 3. The van der Waals surface area contributed by atoms with E-state index in [1.165, 1.54) is 70.6 Å². The predicted molar refractivity (Wildman–Crippen MR) is 274 cm³/mol. The largest absolute Gasteiger partial charge is 0.462 e. The molecule has 0 rings (SSSR count). The van der Waals surface area contributed by atoms with E-state index in [4.69, 9.17) is 14.2 Å². The number of esters is 3. The van der Waals surface area contributed by atoms with Gasteiger partial charge in [-0.05, 0) is 96.3 Å². The van der Waals surface area contributed by atoms with Crippen molar-refractivity contribution in [1.29, 1.82) is 0 Å². The summed E-state index contributed by atoms with van der Waals surface area (Å²) in [5.74, 6) is -0.958. The minimum absolute atomic E-state index is 0.0989. The van der Waals surface area contributed by atoms with Crippen molar-refractivity contribution < 1.29 is 28.6 Å². The molecule has 0 aromatic heterocycles. The van der Waals surface area contributed by atoms with Gasteiger partial charge in [-0.3, -0.25) is 14.4 Å². The van der Waals surface area contributed by atoms with Crippen LogP contribution in [0.3, 0.4) is 0 Å². The second-order valence-electron chi connectivity index (χ2n) is 16.7. The van der Waals surface area contributed by atoms with Crippen LogP contribution in [-0.2, 0) is 28.6 Å². The summed E-state index contributed by atoms with van der Waals surface area (Å²) in [6, 6.07) is 0. The van der Waals surface area contributed by atoms with E-state index in [0.717, 1.165) is 109 Å². The molecule has 0 aromatic rings. The second-order valence-corrected chi connectivity index (χ2v) is 16.7. The third-order valence-corrected chi connectivity index (χ3v) is 10.6. The molecule has 0 saturated heterocycles. The molecule has 0 fully saturated rings. The topological polar surface area (TPSA) is 78.9 Å². The van der Waals surface area contributed by atoms with E-state index in [1.807, 2.05) is 36.5 Å². The summed E-state index contributed by atoms with van der Waals surface area (Å²) in [6.07, 6.45) is 69.3. The Balaban J connectivity index is 4.43. The zero-order valence-electron chi connectivity index (χ0n) is 41.3. The molecule has 64 heavy (non-hydrogen) atoms. The first kappa shape index (κ1) is 60.1. The van der Waals surface area contributed by atoms with Gasteiger partial charge >= 0.3 is 17.9 Å². The minimum atomic E-state index is -0.802. The molecule has 6 heteroatoms. The fraction of sp³-hybridized carbons (Fsp3) is 0.638. The van der Waals surface area contributed by atoms with E-state index in [9.17, 15) is 14.4 Å². The Bertz CT molecular complexity index is 1340. The van der Waals surface area contributed by atoms with Crippen LogP contribution in [-0.4, -0.2) is 37.2 Å². The number of ether oxygens (including phenoxy) is 3. The summed E-state index contributed by atoms with van der Waals surface area (Å²) in [5.41, 5.74) is 0. The zero-order valence-corrected chi connectivity index (χ0v) is 41.3. The lowest BCUT2D eigenvalue weighted by molar-refractivity contribution is -0.167. The van der Waals surface area contributed by atoms with Gasteiger partial charge in [-0.2, -0.15) is 0 Å². The summed E-state index contributed by atoms with van der Waals surface area (Å²) < 4.78 is 16.8. The van der Waals surface area contributed by atoms with Gasteiger partial charge in [0.25, 0.3) is 0 Å². The summed E-state index contributed by atoms with van der Waals surface area (Å²) in [5, 5.41) is 0. The van der Waals surface area contributed by atoms with E-state index in [1.54, 1.807) is 0 Å². The number of hydrogen-bond donors (Lipinski definition) is 0. The van der Waals surface area contributed by atoms with Crippen molar-refractivity contribution in [2.45, 2.75) is 226 Å². The van der Waals surface area contributed by atoms with Crippen molar-refractivity contribution in [3.8, 4) is 0 Å². The molecular formula is C58H94O6. The van der Waals surface area contributed by atoms with E-state index >= 15 is 0 Å². The normalized spacial score (nSPS) is 13.0. The van der Waals surface area contributed by atoms with Crippen LogP contribution in [0.15, 0.2) is 109 Å². The van der Waals surface area contributed by atoms with E-state index < -0.39 is 6.10 Å². The molecule has 0 heterocycles. The van der Waals surface area contributed by atoms with Gasteiger partial charge in [-0.25, -0.2) is 0 Å². The second kappa shape index (κ2) is 51.7. The zero-order chi connectivity index (χ0) is 46.5. The van der Waals surface area contributed by atoms with Crippen LogP contribution in [0.1, 0.15) is 220 Å². The molecule has 6 nitrogen and oxygen atoms in total. The Hall–Kier alpha value is -3.93. The molecular weight excluding hydrogens is 793 g/mol. The predicted octanol–water partition coefficient (Wildman–Crippen LogP) is 17.1. The molecule has 0 spiro atoms. The number of hydrogen-bond acceptors (Lipinski definition) is 6. The average Bonchev–Trinajstić information content (AvgIpc) is 3.29.